The molecule has 2 aromatic rings. The summed E-state index contributed by atoms with van der Waals surface area (Å²) in [4.78, 5) is 10.1. The third-order valence-electron chi connectivity index (χ3n) is 2.85. The first-order valence-electron chi connectivity index (χ1n) is 5.80. The van der Waals surface area contributed by atoms with Crippen molar-refractivity contribution in [2.45, 2.75) is 6.54 Å². The largest absolute Gasteiger partial charge is 0.504 e. The molecule has 0 saturated carbocycles. The van der Waals surface area contributed by atoms with E-state index < -0.39 is 22.2 Å². The Kier molecular flexibility index (Phi) is 4.18. The van der Waals surface area contributed by atoms with Gasteiger partial charge in [0.25, 0.3) is 5.69 Å². The molecule has 0 aliphatic rings. The Morgan fingerprint density at radius 1 is 1.14 bits per heavy atom. The molecule has 0 bridgehead atoms. The zero-order chi connectivity index (χ0) is 15.6. The predicted molar refractivity (Wildman–Crippen MR) is 79.6 cm³/mol. The predicted octanol–water partition coefficient (Wildman–Crippen LogP) is 3.09. The van der Waals surface area contributed by atoms with E-state index in [4.69, 9.17) is 0 Å². The second-order valence-corrected chi connectivity index (χ2v) is 5.07. The van der Waals surface area contributed by atoms with E-state index in [1.165, 1.54) is 30.3 Å². The van der Waals surface area contributed by atoms with Crippen LogP contribution in [0.25, 0.3) is 0 Å². The molecule has 110 valence electrons. The van der Waals surface area contributed by atoms with Crippen molar-refractivity contribution in [3.8, 4) is 17.2 Å². The van der Waals surface area contributed by atoms with Crippen LogP contribution >= 0.6 is 15.9 Å². The number of nitrogens with one attached hydrogen (secondary N) is 1. The van der Waals surface area contributed by atoms with Crippen molar-refractivity contribution in [2.75, 3.05) is 5.32 Å². The van der Waals surface area contributed by atoms with Gasteiger partial charge in [-0.15, -0.1) is 0 Å². The van der Waals surface area contributed by atoms with Crippen LogP contribution in [0.4, 0.5) is 11.4 Å². The smallest absolute Gasteiger partial charge is 0.270 e. The van der Waals surface area contributed by atoms with Crippen LogP contribution < -0.4 is 5.32 Å². The number of rotatable bonds is 4. The number of halogens is 1. The zero-order valence-corrected chi connectivity index (χ0v) is 12.2. The third kappa shape index (κ3) is 3.16. The number of hydrogen-bond acceptors (Lipinski definition) is 6. The molecule has 0 spiro atoms. The number of aromatic hydroxyl groups is 3. The monoisotopic (exact) mass is 354 g/mol. The number of phenolic OH excluding ortho intramolecular Hbond substituents is 3. The van der Waals surface area contributed by atoms with Crippen LogP contribution in [0.5, 0.6) is 17.2 Å². The molecule has 0 unspecified atom stereocenters. The average Bonchev–Trinajstić information content (AvgIpc) is 2.45. The van der Waals surface area contributed by atoms with Crippen LogP contribution in [-0.4, -0.2) is 20.2 Å². The first-order valence-corrected chi connectivity index (χ1v) is 6.60. The summed E-state index contributed by atoms with van der Waals surface area (Å²) in [6.45, 7) is 0.163. The van der Waals surface area contributed by atoms with Crippen LogP contribution in [0.1, 0.15) is 5.56 Å². The summed E-state index contributed by atoms with van der Waals surface area (Å²) >= 11 is 3.21. The molecule has 2 rings (SSSR count). The molecule has 4 N–H and O–H groups in total. The Morgan fingerprint density at radius 2 is 1.86 bits per heavy atom. The number of anilines is 1. The highest BCUT2D eigenvalue weighted by Gasteiger charge is 2.12. The average molecular weight is 355 g/mol. The molecular weight excluding hydrogens is 344 g/mol. The van der Waals surface area contributed by atoms with Crippen molar-refractivity contribution in [3.05, 3.63) is 50.5 Å². The molecule has 21 heavy (non-hydrogen) atoms. The molecule has 0 aromatic heterocycles. The third-order valence-corrected chi connectivity index (χ3v) is 3.50. The Labute approximate surface area is 127 Å². The summed E-state index contributed by atoms with van der Waals surface area (Å²) in [5.41, 5.74) is 0.917. The summed E-state index contributed by atoms with van der Waals surface area (Å²) in [6.07, 6.45) is 0. The molecule has 0 aliphatic carbocycles. The summed E-state index contributed by atoms with van der Waals surface area (Å²) in [7, 11) is 0. The highest BCUT2D eigenvalue weighted by Crippen LogP contribution is 2.37. The second-order valence-electron chi connectivity index (χ2n) is 4.22. The summed E-state index contributed by atoms with van der Waals surface area (Å²) in [6, 6.07) is 6.95. The maximum absolute atomic E-state index is 10.6. The lowest BCUT2D eigenvalue weighted by molar-refractivity contribution is -0.384. The first kappa shape index (κ1) is 14.9. The van der Waals surface area contributed by atoms with Crippen molar-refractivity contribution in [1.29, 1.82) is 0 Å². The topological polar surface area (TPSA) is 116 Å². The summed E-state index contributed by atoms with van der Waals surface area (Å²) in [5, 5.41) is 41.9. The van der Waals surface area contributed by atoms with E-state index in [0.29, 0.717) is 15.7 Å². The number of nitro groups is 1. The SMILES string of the molecule is O=[N+]([O-])c1ccc(NCc2ccc(O)c(O)c2O)c(Br)c1. The number of nitro benzene ring substituents is 1. The van der Waals surface area contributed by atoms with Crippen molar-refractivity contribution < 1.29 is 20.2 Å². The van der Waals surface area contributed by atoms with E-state index >= 15 is 0 Å². The molecule has 0 saturated heterocycles. The molecule has 0 aliphatic heterocycles. The van der Waals surface area contributed by atoms with E-state index in [0.717, 1.165) is 0 Å². The van der Waals surface area contributed by atoms with Gasteiger partial charge in [-0.2, -0.15) is 0 Å². The summed E-state index contributed by atoms with van der Waals surface area (Å²) < 4.78 is 0.499. The lowest BCUT2D eigenvalue weighted by Gasteiger charge is -2.11. The van der Waals surface area contributed by atoms with Gasteiger partial charge in [-0.1, -0.05) is 0 Å². The molecule has 7 nitrogen and oxygen atoms in total. The van der Waals surface area contributed by atoms with Crippen LogP contribution in [0.15, 0.2) is 34.8 Å². The highest BCUT2D eigenvalue weighted by molar-refractivity contribution is 9.10. The van der Waals surface area contributed by atoms with Crippen molar-refractivity contribution in [1.82, 2.24) is 0 Å². The van der Waals surface area contributed by atoms with Crippen LogP contribution in [0.2, 0.25) is 0 Å². The Morgan fingerprint density at radius 3 is 2.48 bits per heavy atom. The van der Waals surface area contributed by atoms with Gasteiger partial charge in [0.05, 0.1) is 4.92 Å². The molecular formula is C13H11BrN2O5. The minimum Gasteiger partial charge on any atom is -0.504 e. The summed E-state index contributed by atoms with van der Waals surface area (Å²) in [5.74, 6) is -1.41. The Bertz CT molecular complexity index is 705. The number of benzene rings is 2. The Hall–Kier alpha value is -2.48. The molecule has 0 fully saturated rings. The van der Waals surface area contributed by atoms with E-state index in [2.05, 4.69) is 21.2 Å². The lowest BCUT2D eigenvalue weighted by Crippen LogP contribution is -2.01. The van der Waals surface area contributed by atoms with Gasteiger partial charge in [0.15, 0.2) is 11.5 Å². The second kappa shape index (κ2) is 5.88. The van der Waals surface area contributed by atoms with E-state index in [-0.39, 0.29) is 12.2 Å². The van der Waals surface area contributed by atoms with Gasteiger partial charge >= 0.3 is 0 Å². The van der Waals surface area contributed by atoms with Crippen molar-refractivity contribution >= 4 is 27.3 Å². The van der Waals surface area contributed by atoms with E-state index in [9.17, 15) is 25.4 Å². The van der Waals surface area contributed by atoms with Gasteiger partial charge < -0.3 is 20.6 Å². The number of non-ortho nitro benzene ring substituents is 1. The normalized spacial score (nSPS) is 10.3. The van der Waals surface area contributed by atoms with Crippen LogP contribution in [-0.2, 0) is 6.54 Å². The fourth-order valence-corrected chi connectivity index (χ4v) is 2.21. The fraction of sp³-hybridized carbons (Fsp3) is 0.0769. The zero-order valence-electron chi connectivity index (χ0n) is 10.6. The van der Waals surface area contributed by atoms with E-state index in [1.54, 1.807) is 0 Å². The number of phenols is 3. The lowest BCUT2D eigenvalue weighted by atomic mass is 10.1. The molecule has 0 atom stereocenters. The van der Waals surface area contributed by atoms with Crippen LogP contribution in [0, 0.1) is 10.1 Å². The van der Waals surface area contributed by atoms with E-state index in [1.807, 2.05) is 0 Å². The molecule has 2 aromatic carbocycles. The van der Waals surface area contributed by atoms with Gasteiger partial charge in [-0.25, -0.2) is 0 Å². The van der Waals surface area contributed by atoms with Gasteiger partial charge in [-0.3, -0.25) is 10.1 Å². The highest BCUT2D eigenvalue weighted by atomic mass is 79.9. The van der Waals surface area contributed by atoms with Gasteiger partial charge in [-0.05, 0) is 34.1 Å². The number of hydrogen-bond donors (Lipinski definition) is 4. The van der Waals surface area contributed by atoms with Crippen LogP contribution in [0.3, 0.4) is 0 Å². The quantitative estimate of drug-likeness (QED) is 0.381. The van der Waals surface area contributed by atoms with Gasteiger partial charge in [0, 0.05) is 34.4 Å². The first-order chi connectivity index (χ1) is 9.90. The molecule has 8 heteroatoms. The standard InChI is InChI=1S/C13H11BrN2O5/c14-9-5-8(16(20)21)2-3-10(9)15-6-7-1-4-11(17)13(19)12(7)18/h1-5,15,17-19H,6H2. The molecule has 0 amide bonds. The maximum Gasteiger partial charge on any atom is 0.270 e. The Balaban J connectivity index is 2.17. The van der Waals surface area contributed by atoms with Crippen molar-refractivity contribution in [3.63, 3.8) is 0 Å². The minimum absolute atomic E-state index is 0.0439. The van der Waals surface area contributed by atoms with Crippen molar-refractivity contribution in [2.24, 2.45) is 0 Å². The fourth-order valence-electron chi connectivity index (χ4n) is 1.70. The van der Waals surface area contributed by atoms with Gasteiger partial charge in [0.2, 0.25) is 5.75 Å². The molecule has 0 heterocycles. The van der Waals surface area contributed by atoms with Gasteiger partial charge in [0.1, 0.15) is 0 Å². The maximum atomic E-state index is 10.6. The minimum atomic E-state index is -0.586. The molecule has 0 radical (unpaired) electrons. The number of nitrogens with zero attached hydrogens (tertiary/aromatic N) is 1.